The van der Waals surface area contributed by atoms with Crippen molar-refractivity contribution in [2.45, 2.75) is 4.90 Å². The predicted molar refractivity (Wildman–Crippen MR) is 108 cm³/mol. The molecule has 1 N–H and O–H groups in total. The molecule has 7 nitrogen and oxygen atoms in total. The molecule has 2 aromatic rings. The van der Waals surface area contributed by atoms with Crippen molar-refractivity contribution in [1.29, 1.82) is 0 Å². The first kappa shape index (κ1) is 20.6. The lowest BCUT2D eigenvalue weighted by molar-refractivity contribution is -0.117. The highest BCUT2D eigenvalue weighted by Gasteiger charge is 2.30. The summed E-state index contributed by atoms with van der Waals surface area (Å²) in [5.74, 6) is 0.415. The van der Waals surface area contributed by atoms with Crippen LogP contribution in [0.4, 0.5) is 5.69 Å². The molecule has 0 atom stereocenters. The van der Waals surface area contributed by atoms with Gasteiger partial charge in [0.15, 0.2) is 0 Å². The third kappa shape index (κ3) is 4.64. The molecule has 1 amide bonds. The van der Waals surface area contributed by atoms with Crippen LogP contribution in [-0.4, -0.2) is 63.4 Å². The molecule has 0 aromatic heterocycles. The number of hydrogen-bond acceptors (Lipinski definition) is 5. The monoisotopic (exact) mass is 423 g/mol. The summed E-state index contributed by atoms with van der Waals surface area (Å²) >= 11 is 6.05. The number of anilines is 1. The van der Waals surface area contributed by atoms with E-state index in [1.54, 1.807) is 37.4 Å². The van der Waals surface area contributed by atoms with Gasteiger partial charge in [-0.2, -0.15) is 4.31 Å². The van der Waals surface area contributed by atoms with Crippen molar-refractivity contribution < 1.29 is 17.9 Å². The van der Waals surface area contributed by atoms with Crippen LogP contribution in [0.3, 0.4) is 0 Å². The molecule has 2 aromatic carbocycles. The maximum atomic E-state index is 12.8. The van der Waals surface area contributed by atoms with Crippen molar-refractivity contribution in [3.8, 4) is 5.75 Å². The topological polar surface area (TPSA) is 79.0 Å². The number of amides is 1. The van der Waals surface area contributed by atoms with Crippen LogP contribution < -0.4 is 10.1 Å². The highest BCUT2D eigenvalue weighted by Crippen LogP contribution is 2.25. The number of halogens is 1. The number of benzene rings is 2. The lowest BCUT2D eigenvalue weighted by atomic mass is 10.3. The highest BCUT2D eigenvalue weighted by atomic mass is 35.5. The van der Waals surface area contributed by atoms with Crippen molar-refractivity contribution in [3.63, 3.8) is 0 Å². The van der Waals surface area contributed by atoms with Gasteiger partial charge in [0.1, 0.15) is 10.6 Å². The number of ether oxygens (including phenoxy) is 1. The molecule has 1 heterocycles. The van der Waals surface area contributed by atoms with E-state index < -0.39 is 10.0 Å². The molecule has 28 heavy (non-hydrogen) atoms. The Morgan fingerprint density at radius 3 is 2.39 bits per heavy atom. The average molecular weight is 424 g/mol. The maximum Gasteiger partial charge on any atom is 0.244 e. The molecular weight excluding hydrogens is 402 g/mol. The number of methoxy groups -OCH3 is 1. The van der Waals surface area contributed by atoms with Crippen LogP contribution in [0, 0.1) is 0 Å². The Morgan fingerprint density at radius 2 is 1.71 bits per heavy atom. The Kier molecular flexibility index (Phi) is 6.56. The van der Waals surface area contributed by atoms with Crippen molar-refractivity contribution in [2.24, 2.45) is 0 Å². The Bertz CT molecular complexity index is 944. The van der Waals surface area contributed by atoms with E-state index in [1.807, 2.05) is 17.0 Å². The number of carbonyl (C=O) groups is 1. The number of piperazine rings is 1. The Morgan fingerprint density at radius 1 is 1.07 bits per heavy atom. The van der Waals surface area contributed by atoms with Gasteiger partial charge in [0.05, 0.1) is 24.4 Å². The van der Waals surface area contributed by atoms with Gasteiger partial charge in [0, 0.05) is 26.2 Å². The first-order valence-electron chi connectivity index (χ1n) is 8.81. The molecule has 150 valence electrons. The predicted octanol–water partition coefficient (Wildman–Crippen LogP) is 2.29. The summed E-state index contributed by atoms with van der Waals surface area (Å²) in [5, 5.41) is 3.04. The van der Waals surface area contributed by atoms with Crippen LogP contribution in [0.25, 0.3) is 0 Å². The van der Waals surface area contributed by atoms with Gasteiger partial charge in [-0.1, -0.05) is 35.9 Å². The van der Waals surface area contributed by atoms with E-state index in [0.29, 0.717) is 37.6 Å². The van der Waals surface area contributed by atoms with Crippen LogP contribution in [-0.2, 0) is 14.8 Å². The molecule has 1 aliphatic heterocycles. The highest BCUT2D eigenvalue weighted by molar-refractivity contribution is 7.89. The summed E-state index contributed by atoms with van der Waals surface area (Å²) < 4.78 is 32.2. The van der Waals surface area contributed by atoms with Crippen molar-refractivity contribution >= 4 is 33.2 Å². The molecule has 0 radical (unpaired) electrons. The third-order valence-electron chi connectivity index (χ3n) is 4.53. The van der Waals surface area contributed by atoms with Gasteiger partial charge in [0.25, 0.3) is 0 Å². The van der Waals surface area contributed by atoms with E-state index >= 15 is 0 Å². The zero-order valence-electron chi connectivity index (χ0n) is 15.5. The molecule has 3 rings (SSSR count). The minimum absolute atomic E-state index is 0.110. The molecule has 0 saturated carbocycles. The second-order valence-corrected chi connectivity index (χ2v) is 8.67. The third-order valence-corrected chi connectivity index (χ3v) is 6.93. The quantitative estimate of drug-likeness (QED) is 0.771. The molecule has 0 spiro atoms. The summed E-state index contributed by atoms with van der Waals surface area (Å²) in [5.41, 5.74) is 0.606. The van der Waals surface area contributed by atoms with E-state index in [1.165, 1.54) is 10.4 Å². The molecule has 1 aliphatic rings. The summed E-state index contributed by atoms with van der Waals surface area (Å²) in [6.45, 7) is 1.70. The molecule has 0 bridgehead atoms. The number of nitrogens with zero attached hydrogens (tertiary/aromatic N) is 2. The second-order valence-electron chi connectivity index (χ2n) is 6.36. The fourth-order valence-electron chi connectivity index (χ4n) is 3.06. The standard InChI is InChI=1S/C19H22ClN3O4S/c1-27-17-8-4-3-7-16(17)21-19(24)14-22-10-12-23(13-11-22)28(25,26)18-9-5-2-6-15(18)20/h2-9H,10-14H2,1H3,(H,21,24). The van der Waals surface area contributed by atoms with Crippen molar-refractivity contribution in [1.82, 2.24) is 9.21 Å². The van der Waals surface area contributed by atoms with E-state index in [2.05, 4.69) is 5.32 Å². The second kappa shape index (κ2) is 8.91. The Balaban J connectivity index is 1.57. The largest absolute Gasteiger partial charge is 0.495 e. The number of hydrogen-bond donors (Lipinski definition) is 1. The zero-order chi connectivity index (χ0) is 20.1. The lowest BCUT2D eigenvalue weighted by Crippen LogP contribution is -2.50. The molecular formula is C19H22ClN3O4S. The molecule has 0 aliphatic carbocycles. The van der Waals surface area contributed by atoms with Gasteiger partial charge < -0.3 is 10.1 Å². The van der Waals surface area contributed by atoms with Gasteiger partial charge in [-0.3, -0.25) is 9.69 Å². The number of carbonyl (C=O) groups excluding carboxylic acids is 1. The minimum atomic E-state index is -3.64. The molecule has 1 saturated heterocycles. The first-order chi connectivity index (χ1) is 13.4. The smallest absolute Gasteiger partial charge is 0.244 e. The normalized spacial score (nSPS) is 15.9. The molecule has 0 unspecified atom stereocenters. The summed E-state index contributed by atoms with van der Waals surface area (Å²) in [7, 11) is -2.10. The zero-order valence-corrected chi connectivity index (χ0v) is 17.0. The van der Waals surface area contributed by atoms with Gasteiger partial charge in [-0.15, -0.1) is 0 Å². The minimum Gasteiger partial charge on any atom is -0.495 e. The van der Waals surface area contributed by atoms with E-state index in [4.69, 9.17) is 16.3 Å². The van der Waals surface area contributed by atoms with E-state index in [0.717, 1.165) is 0 Å². The molecule has 1 fully saturated rings. The van der Waals surface area contributed by atoms with E-state index in [-0.39, 0.29) is 22.4 Å². The number of nitrogens with one attached hydrogen (secondary N) is 1. The number of para-hydroxylation sites is 2. The van der Waals surface area contributed by atoms with Crippen LogP contribution >= 0.6 is 11.6 Å². The van der Waals surface area contributed by atoms with Crippen molar-refractivity contribution in [2.75, 3.05) is 45.2 Å². The van der Waals surface area contributed by atoms with Crippen LogP contribution in [0.2, 0.25) is 5.02 Å². The Hall–Kier alpha value is -2.13. The average Bonchev–Trinajstić information content (AvgIpc) is 2.69. The Labute approximate surface area is 169 Å². The van der Waals surface area contributed by atoms with Crippen LogP contribution in [0.5, 0.6) is 5.75 Å². The van der Waals surface area contributed by atoms with Gasteiger partial charge in [-0.25, -0.2) is 8.42 Å². The first-order valence-corrected chi connectivity index (χ1v) is 10.6. The lowest BCUT2D eigenvalue weighted by Gasteiger charge is -2.33. The SMILES string of the molecule is COc1ccccc1NC(=O)CN1CCN(S(=O)(=O)c2ccccc2Cl)CC1. The number of rotatable bonds is 6. The van der Waals surface area contributed by atoms with E-state index in [9.17, 15) is 13.2 Å². The fraction of sp³-hybridized carbons (Fsp3) is 0.316. The van der Waals surface area contributed by atoms with Gasteiger partial charge >= 0.3 is 0 Å². The van der Waals surface area contributed by atoms with Crippen LogP contribution in [0.1, 0.15) is 0 Å². The fourth-order valence-corrected chi connectivity index (χ4v) is 4.98. The van der Waals surface area contributed by atoms with Crippen LogP contribution in [0.15, 0.2) is 53.4 Å². The summed E-state index contributed by atoms with van der Waals surface area (Å²) in [6.07, 6.45) is 0. The number of sulfonamides is 1. The van der Waals surface area contributed by atoms with Crippen molar-refractivity contribution in [3.05, 3.63) is 53.6 Å². The summed E-state index contributed by atoms with van der Waals surface area (Å²) in [4.78, 5) is 14.4. The molecule has 9 heteroatoms. The van der Waals surface area contributed by atoms with Gasteiger partial charge in [-0.05, 0) is 24.3 Å². The maximum absolute atomic E-state index is 12.8. The van der Waals surface area contributed by atoms with Gasteiger partial charge in [0.2, 0.25) is 15.9 Å². The summed E-state index contributed by atoms with van der Waals surface area (Å²) in [6, 6.07) is 13.6.